The number of carbonyl (C=O) groups excluding carboxylic acids is 1. The number of rotatable bonds is 6. The van der Waals surface area contributed by atoms with Crippen molar-refractivity contribution in [3.8, 4) is 23.6 Å². The molecule has 0 aromatic heterocycles. The summed E-state index contributed by atoms with van der Waals surface area (Å²) in [6.07, 6.45) is 1.51. The van der Waals surface area contributed by atoms with Gasteiger partial charge in [0.15, 0.2) is 18.1 Å². The van der Waals surface area contributed by atoms with Crippen LogP contribution in [0.4, 0.5) is 0 Å². The van der Waals surface area contributed by atoms with Gasteiger partial charge in [-0.3, -0.25) is 4.79 Å². The molecule has 0 aliphatic rings. The lowest BCUT2D eigenvalue weighted by Crippen LogP contribution is -2.11. The van der Waals surface area contributed by atoms with E-state index in [2.05, 4.69) is 20.8 Å². The van der Waals surface area contributed by atoms with Crippen molar-refractivity contribution in [3.05, 3.63) is 64.7 Å². The Hall–Kier alpha value is -3.57. The average Bonchev–Trinajstić information content (AvgIpc) is 2.69. The lowest BCUT2D eigenvalue weighted by atomic mass is 9.86. The fourth-order valence-electron chi connectivity index (χ4n) is 2.60. The van der Waals surface area contributed by atoms with Gasteiger partial charge in [-0.1, -0.05) is 51.1 Å². The van der Waals surface area contributed by atoms with Crippen LogP contribution < -0.4 is 9.47 Å². The molecule has 0 aliphatic carbocycles. The highest BCUT2D eigenvalue weighted by Crippen LogP contribution is 2.29. The van der Waals surface area contributed by atoms with Crippen molar-refractivity contribution in [2.24, 2.45) is 0 Å². The molecule has 2 rings (SSSR count). The molecule has 142 valence electrons. The minimum absolute atomic E-state index is 0.0125. The fourth-order valence-corrected chi connectivity index (χ4v) is 2.60. The number of methoxy groups -OCH3 is 1. The first-order chi connectivity index (χ1) is 13.3. The maximum Gasteiger partial charge on any atom is 0.203 e. The molecule has 0 N–H and O–H groups in total. The molecule has 0 amide bonds. The molecular formula is C23H22N2O3. The molecule has 0 bridgehead atoms. The van der Waals surface area contributed by atoms with E-state index in [9.17, 15) is 10.1 Å². The number of hydrogen-bond acceptors (Lipinski definition) is 5. The van der Waals surface area contributed by atoms with Crippen molar-refractivity contribution in [1.82, 2.24) is 0 Å². The molecule has 2 aromatic carbocycles. The monoisotopic (exact) mass is 374 g/mol. The first-order valence-electron chi connectivity index (χ1n) is 8.75. The molecule has 5 heteroatoms. The summed E-state index contributed by atoms with van der Waals surface area (Å²) in [6.45, 7) is 6.20. The maximum atomic E-state index is 12.7. The van der Waals surface area contributed by atoms with Crippen molar-refractivity contribution in [3.63, 3.8) is 0 Å². The number of allylic oxidation sites excluding steroid dienone is 1. The Morgan fingerprint density at radius 2 is 1.75 bits per heavy atom. The van der Waals surface area contributed by atoms with Crippen LogP contribution in [-0.2, 0) is 5.41 Å². The van der Waals surface area contributed by atoms with Crippen molar-refractivity contribution in [1.29, 1.82) is 10.5 Å². The Morgan fingerprint density at radius 1 is 1.07 bits per heavy atom. The van der Waals surface area contributed by atoms with E-state index in [1.807, 2.05) is 24.3 Å². The molecule has 2 aromatic rings. The van der Waals surface area contributed by atoms with Crippen LogP contribution in [0.2, 0.25) is 0 Å². The van der Waals surface area contributed by atoms with Crippen LogP contribution in [0.1, 0.15) is 42.3 Å². The molecule has 0 radical (unpaired) electrons. The van der Waals surface area contributed by atoms with Crippen LogP contribution in [0, 0.1) is 22.7 Å². The lowest BCUT2D eigenvalue weighted by Gasteiger charge is -2.18. The first-order valence-corrected chi connectivity index (χ1v) is 8.75. The van der Waals surface area contributed by atoms with Gasteiger partial charge in [-0.2, -0.15) is 10.5 Å². The van der Waals surface area contributed by atoms with Gasteiger partial charge in [0.05, 0.1) is 7.11 Å². The highest BCUT2D eigenvalue weighted by atomic mass is 16.5. The summed E-state index contributed by atoms with van der Waals surface area (Å²) in [5, 5.41) is 18.1. The third-order valence-electron chi connectivity index (χ3n) is 4.17. The number of ketones is 1. The average molecular weight is 374 g/mol. The van der Waals surface area contributed by atoms with Crippen LogP contribution in [0.5, 0.6) is 11.5 Å². The van der Waals surface area contributed by atoms with E-state index in [0.717, 1.165) is 5.56 Å². The van der Waals surface area contributed by atoms with Gasteiger partial charge in [-0.05, 0) is 34.8 Å². The Labute approximate surface area is 165 Å². The lowest BCUT2D eigenvalue weighted by molar-refractivity contribution is 0.104. The zero-order valence-electron chi connectivity index (χ0n) is 16.4. The van der Waals surface area contributed by atoms with Crippen LogP contribution in [0.3, 0.4) is 0 Å². The zero-order chi connectivity index (χ0) is 20.7. The number of carbonyl (C=O) groups is 1. The van der Waals surface area contributed by atoms with E-state index >= 15 is 0 Å². The molecule has 0 saturated carbocycles. The second kappa shape index (κ2) is 8.88. The van der Waals surface area contributed by atoms with Gasteiger partial charge < -0.3 is 9.47 Å². The van der Waals surface area contributed by atoms with Gasteiger partial charge in [0, 0.05) is 5.56 Å². The normalized spacial score (nSPS) is 11.3. The van der Waals surface area contributed by atoms with E-state index in [4.69, 9.17) is 14.7 Å². The van der Waals surface area contributed by atoms with Gasteiger partial charge in [-0.25, -0.2) is 0 Å². The minimum atomic E-state index is -0.341. The SMILES string of the molecule is COc1cc(/C=C(\C#N)C(=O)c2ccc(C(C)(C)C)cc2)ccc1OCC#N. The zero-order valence-corrected chi connectivity index (χ0v) is 16.4. The van der Waals surface area contributed by atoms with E-state index in [1.54, 1.807) is 30.3 Å². The summed E-state index contributed by atoms with van der Waals surface area (Å²) >= 11 is 0. The van der Waals surface area contributed by atoms with Gasteiger partial charge in [-0.15, -0.1) is 0 Å². The molecule has 28 heavy (non-hydrogen) atoms. The molecule has 0 unspecified atom stereocenters. The fraction of sp³-hybridized carbons (Fsp3) is 0.261. The Morgan fingerprint density at radius 3 is 2.29 bits per heavy atom. The van der Waals surface area contributed by atoms with Gasteiger partial charge in [0.25, 0.3) is 0 Å². The Balaban J connectivity index is 2.31. The van der Waals surface area contributed by atoms with Gasteiger partial charge in [0.2, 0.25) is 5.78 Å². The van der Waals surface area contributed by atoms with E-state index in [1.165, 1.54) is 13.2 Å². The summed E-state index contributed by atoms with van der Waals surface area (Å²) in [7, 11) is 1.48. The molecule has 0 heterocycles. The second-order valence-corrected chi connectivity index (χ2v) is 7.18. The van der Waals surface area contributed by atoms with Crippen LogP contribution in [0.25, 0.3) is 6.08 Å². The predicted octanol–water partition coefficient (Wildman–Crippen LogP) is 4.68. The third kappa shape index (κ3) is 4.99. The molecule has 0 aliphatic heterocycles. The summed E-state index contributed by atoms with van der Waals surface area (Å²) in [4.78, 5) is 12.7. The molecule has 0 spiro atoms. The highest BCUT2D eigenvalue weighted by Gasteiger charge is 2.16. The summed E-state index contributed by atoms with van der Waals surface area (Å²) in [5.74, 6) is 0.499. The van der Waals surface area contributed by atoms with Crippen LogP contribution >= 0.6 is 0 Å². The van der Waals surface area contributed by atoms with E-state index in [0.29, 0.717) is 22.6 Å². The highest BCUT2D eigenvalue weighted by molar-refractivity contribution is 6.14. The van der Waals surface area contributed by atoms with E-state index in [-0.39, 0.29) is 23.4 Å². The van der Waals surface area contributed by atoms with Crippen molar-refractivity contribution in [2.45, 2.75) is 26.2 Å². The number of nitrogens with zero attached hydrogens (tertiary/aromatic N) is 2. The number of Topliss-reactive ketones (excluding diaryl/α,β-unsaturated/α-hetero) is 1. The largest absolute Gasteiger partial charge is 0.493 e. The smallest absolute Gasteiger partial charge is 0.203 e. The molecule has 0 atom stereocenters. The quantitative estimate of drug-likeness (QED) is 0.416. The van der Waals surface area contributed by atoms with E-state index < -0.39 is 0 Å². The number of hydrogen-bond donors (Lipinski definition) is 0. The van der Waals surface area contributed by atoms with Crippen molar-refractivity contribution >= 4 is 11.9 Å². The summed E-state index contributed by atoms with van der Waals surface area (Å²) in [5.41, 5.74) is 2.21. The topological polar surface area (TPSA) is 83.1 Å². The maximum absolute atomic E-state index is 12.7. The standard InChI is InChI=1S/C23H22N2O3/c1-23(2,3)19-8-6-17(7-9-19)22(26)18(15-25)13-16-5-10-20(28-12-11-24)21(14-16)27-4/h5-10,13-14H,12H2,1-4H3/b18-13+. The second-order valence-electron chi connectivity index (χ2n) is 7.18. The number of benzene rings is 2. The van der Waals surface area contributed by atoms with Gasteiger partial charge >= 0.3 is 0 Å². The first kappa shape index (κ1) is 20.7. The molecular weight excluding hydrogens is 352 g/mol. The third-order valence-corrected chi connectivity index (χ3v) is 4.17. The molecule has 5 nitrogen and oxygen atoms in total. The summed E-state index contributed by atoms with van der Waals surface area (Å²) in [6, 6.07) is 16.2. The predicted molar refractivity (Wildman–Crippen MR) is 107 cm³/mol. The number of ether oxygens (including phenoxy) is 2. The Bertz CT molecular complexity index is 969. The van der Waals surface area contributed by atoms with Crippen molar-refractivity contribution in [2.75, 3.05) is 13.7 Å². The van der Waals surface area contributed by atoms with Crippen LogP contribution in [0.15, 0.2) is 48.0 Å². The minimum Gasteiger partial charge on any atom is -0.493 e. The van der Waals surface area contributed by atoms with Crippen LogP contribution in [-0.4, -0.2) is 19.5 Å². The number of nitriles is 2. The Kier molecular flexibility index (Phi) is 6.58. The molecule has 0 fully saturated rings. The van der Waals surface area contributed by atoms with Gasteiger partial charge in [0.1, 0.15) is 17.7 Å². The molecule has 0 saturated heterocycles. The van der Waals surface area contributed by atoms with Crippen molar-refractivity contribution < 1.29 is 14.3 Å². The summed E-state index contributed by atoms with van der Waals surface area (Å²) < 4.78 is 10.5.